The van der Waals surface area contributed by atoms with E-state index in [4.69, 9.17) is 4.98 Å². The molecule has 0 unspecified atom stereocenters. The molecule has 96 valence electrons. The molecule has 2 aromatic rings. The fraction of sp³-hybridized carbons (Fsp3) is 0.429. The SMILES string of the molecule is CCCc1nc(NC)c(C)c(-c2csc(C)c2)n1. The molecule has 18 heavy (non-hydrogen) atoms. The molecule has 0 fully saturated rings. The lowest BCUT2D eigenvalue weighted by Crippen LogP contribution is -2.05. The van der Waals surface area contributed by atoms with Crippen molar-refractivity contribution in [2.24, 2.45) is 0 Å². The minimum absolute atomic E-state index is 0.922. The van der Waals surface area contributed by atoms with Crippen molar-refractivity contribution in [1.82, 2.24) is 9.97 Å². The van der Waals surface area contributed by atoms with Crippen LogP contribution in [-0.2, 0) is 6.42 Å². The molecule has 2 rings (SSSR count). The van der Waals surface area contributed by atoms with Crippen molar-refractivity contribution >= 4 is 17.2 Å². The van der Waals surface area contributed by atoms with Gasteiger partial charge in [-0.2, -0.15) is 0 Å². The Morgan fingerprint density at radius 1 is 1.28 bits per heavy atom. The van der Waals surface area contributed by atoms with Crippen molar-refractivity contribution in [3.8, 4) is 11.3 Å². The predicted octanol–water partition coefficient (Wildman–Crippen LogP) is 3.82. The maximum absolute atomic E-state index is 4.71. The zero-order chi connectivity index (χ0) is 13.1. The largest absolute Gasteiger partial charge is 0.373 e. The molecule has 0 aromatic carbocycles. The van der Waals surface area contributed by atoms with Gasteiger partial charge < -0.3 is 5.32 Å². The number of rotatable bonds is 4. The van der Waals surface area contributed by atoms with Gasteiger partial charge in [0.1, 0.15) is 11.6 Å². The fourth-order valence-corrected chi connectivity index (χ4v) is 2.68. The molecular weight excluding hydrogens is 242 g/mol. The van der Waals surface area contributed by atoms with Crippen LogP contribution in [0, 0.1) is 13.8 Å². The Kier molecular flexibility index (Phi) is 3.97. The van der Waals surface area contributed by atoms with Gasteiger partial charge in [-0.15, -0.1) is 11.3 Å². The summed E-state index contributed by atoms with van der Waals surface area (Å²) >= 11 is 1.76. The molecule has 4 heteroatoms. The molecule has 1 N–H and O–H groups in total. The smallest absolute Gasteiger partial charge is 0.132 e. The van der Waals surface area contributed by atoms with Crippen molar-refractivity contribution in [2.45, 2.75) is 33.6 Å². The standard InChI is InChI=1S/C14H19N3S/c1-5-6-12-16-13(10(3)14(15-4)17-12)11-7-9(2)18-8-11/h7-8H,5-6H2,1-4H3,(H,15,16,17). The number of nitrogens with one attached hydrogen (secondary N) is 1. The van der Waals surface area contributed by atoms with Crippen LogP contribution in [0.15, 0.2) is 11.4 Å². The number of aryl methyl sites for hydroxylation is 2. The van der Waals surface area contributed by atoms with Gasteiger partial charge in [0.15, 0.2) is 0 Å². The van der Waals surface area contributed by atoms with Crippen LogP contribution < -0.4 is 5.32 Å². The quantitative estimate of drug-likeness (QED) is 0.909. The Morgan fingerprint density at radius 3 is 2.61 bits per heavy atom. The van der Waals surface area contributed by atoms with Crippen LogP contribution in [0.5, 0.6) is 0 Å². The summed E-state index contributed by atoms with van der Waals surface area (Å²) in [5, 5.41) is 5.33. The van der Waals surface area contributed by atoms with Crippen LogP contribution in [0.1, 0.15) is 29.6 Å². The molecule has 2 aromatic heterocycles. The monoisotopic (exact) mass is 261 g/mol. The topological polar surface area (TPSA) is 37.8 Å². The molecule has 0 atom stereocenters. The van der Waals surface area contributed by atoms with Gasteiger partial charge >= 0.3 is 0 Å². The van der Waals surface area contributed by atoms with E-state index in [-0.39, 0.29) is 0 Å². The first-order chi connectivity index (χ1) is 8.65. The second kappa shape index (κ2) is 5.48. The van der Waals surface area contributed by atoms with E-state index in [9.17, 15) is 0 Å². The zero-order valence-corrected chi connectivity index (χ0v) is 12.2. The van der Waals surface area contributed by atoms with Gasteiger partial charge in [-0.05, 0) is 26.3 Å². The molecule has 0 spiro atoms. The average molecular weight is 261 g/mol. The lowest BCUT2D eigenvalue weighted by molar-refractivity contribution is 0.835. The molecule has 0 amide bonds. The van der Waals surface area contributed by atoms with Crippen LogP contribution >= 0.6 is 11.3 Å². The third kappa shape index (κ3) is 2.53. The summed E-state index contributed by atoms with van der Waals surface area (Å²) in [7, 11) is 1.91. The Morgan fingerprint density at radius 2 is 2.06 bits per heavy atom. The fourth-order valence-electron chi connectivity index (χ4n) is 1.99. The summed E-state index contributed by atoms with van der Waals surface area (Å²) in [5.74, 6) is 1.86. The highest BCUT2D eigenvalue weighted by Gasteiger charge is 2.12. The molecule has 0 aliphatic rings. The van der Waals surface area contributed by atoms with Crippen LogP contribution in [0.3, 0.4) is 0 Å². The number of hydrogen-bond acceptors (Lipinski definition) is 4. The first kappa shape index (κ1) is 13.0. The van der Waals surface area contributed by atoms with Gasteiger partial charge in [0.2, 0.25) is 0 Å². The van der Waals surface area contributed by atoms with E-state index in [0.29, 0.717) is 0 Å². The summed E-state index contributed by atoms with van der Waals surface area (Å²) in [5.41, 5.74) is 3.38. The Hall–Kier alpha value is -1.42. The van der Waals surface area contributed by atoms with Gasteiger partial charge in [-0.3, -0.25) is 0 Å². The van der Waals surface area contributed by atoms with E-state index in [1.165, 1.54) is 10.4 Å². The normalized spacial score (nSPS) is 10.7. The van der Waals surface area contributed by atoms with Gasteiger partial charge in [-0.25, -0.2) is 9.97 Å². The van der Waals surface area contributed by atoms with E-state index >= 15 is 0 Å². The number of thiophene rings is 1. The van der Waals surface area contributed by atoms with Gasteiger partial charge in [0.05, 0.1) is 5.69 Å². The first-order valence-electron chi connectivity index (χ1n) is 6.26. The minimum atomic E-state index is 0.922. The van der Waals surface area contributed by atoms with Crippen LogP contribution in [0.4, 0.5) is 5.82 Å². The highest BCUT2D eigenvalue weighted by Crippen LogP contribution is 2.29. The molecule has 3 nitrogen and oxygen atoms in total. The summed E-state index contributed by atoms with van der Waals surface area (Å²) in [6, 6.07) is 2.19. The lowest BCUT2D eigenvalue weighted by Gasteiger charge is -2.11. The van der Waals surface area contributed by atoms with Crippen molar-refractivity contribution in [2.75, 3.05) is 12.4 Å². The van der Waals surface area contributed by atoms with E-state index in [1.807, 2.05) is 7.05 Å². The molecule has 0 radical (unpaired) electrons. The second-order valence-electron chi connectivity index (χ2n) is 4.41. The van der Waals surface area contributed by atoms with Gasteiger partial charge in [-0.1, -0.05) is 6.92 Å². The molecule has 0 saturated heterocycles. The number of hydrogen-bond donors (Lipinski definition) is 1. The van der Waals surface area contributed by atoms with Crippen molar-refractivity contribution < 1.29 is 0 Å². The highest BCUT2D eigenvalue weighted by molar-refractivity contribution is 7.10. The van der Waals surface area contributed by atoms with Crippen LogP contribution in [-0.4, -0.2) is 17.0 Å². The maximum atomic E-state index is 4.71. The highest BCUT2D eigenvalue weighted by atomic mass is 32.1. The molecule has 0 aliphatic carbocycles. The van der Waals surface area contributed by atoms with Gasteiger partial charge in [0, 0.05) is 34.9 Å². The van der Waals surface area contributed by atoms with E-state index in [2.05, 4.69) is 42.5 Å². The molecule has 0 saturated carbocycles. The van der Waals surface area contributed by atoms with E-state index in [0.717, 1.165) is 35.7 Å². The number of aromatic nitrogens is 2. The predicted molar refractivity (Wildman–Crippen MR) is 78.4 cm³/mol. The van der Waals surface area contributed by atoms with Gasteiger partial charge in [0.25, 0.3) is 0 Å². The van der Waals surface area contributed by atoms with Crippen LogP contribution in [0.2, 0.25) is 0 Å². The Bertz CT molecular complexity index is 546. The Labute approximate surface area is 112 Å². The van der Waals surface area contributed by atoms with E-state index < -0.39 is 0 Å². The summed E-state index contributed by atoms with van der Waals surface area (Å²) in [4.78, 5) is 10.6. The van der Waals surface area contributed by atoms with Crippen molar-refractivity contribution in [3.63, 3.8) is 0 Å². The first-order valence-corrected chi connectivity index (χ1v) is 7.14. The van der Waals surface area contributed by atoms with E-state index in [1.54, 1.807) is 11.3 Å². The number of nitrogens with zero attached hydrogens (tertiary/aromatic N) is 2. The molecular formula is C14H19N3S. The maximum Gasteiger partial charge on any atom is 0.132 e. The third-order valence-electron chi connectivity index (χ3n) is 2.91. The van der Waals surface area contributed by atoms with Crippen molar-refractivity contribution in [1.29, 1.82) is 0 Å². The number of anilines is 1. The molecule has 2 heterocycles. The van der Waals surface area contributed by atoms with Crippen molar-refractivity contribution in [3.05, 3.63) is 27.7 Å². The molecule has 0 aliphatic heterocycles. The summed E-state index contributed by atoms with van der Waals surface area (Å²) < 4.78 is 0. The summed E-state index contributed by atoms with van der Waals surface area (Å²) in [6.45, 7) is 6.34. The van der Waals surface area contributed by atoms with Crippen LogP contribution in [0.25, 0.3) is 11.3 Å². The minimum Gasteiger partial charge on any atom is -0.373 e. The third-order valence-corrected chi connectivity index (χ3v) is 3.77. The average Bonchev–Trinajstić information content (AvgIpc) is 2.78. The summed E-state index contributed by atoms with van der Waals surface area (Å²) in [6.07, 6.45) is 1.99. The molecule has 0 bridgehead atoms. The zero-order valence-electron chi connectivity index (χ0n) is 11.4. The lowest BCUT2D eigenvalue weighted by atomic mass is 10.1. The Balaban J connectivity index is 2.54. The second-order valence-corrected chi connectivity index (χ2v) is 5.52.